The molecule has 0 aliphatic rings. The number of ether oxygens (including phenoxy) is 1. The number of esters is 1. The first-order valence-electron chi connectivity index (χ1n) is 5.08. The van der Waals surface area contributed by atoms with E-state index in [0.717, 1.165) is 0 Å². The van der Waals surface area contributed by atoms with E-state index >= 15 is 0 Å². The first-order valence-corrected chi connectivity index (χ1v) is 5.08. The molecule has 86 valence electrons. The highest BCUT2D eigenvalue weighted by Gasteiger charge is 2.18. The van der Waals surface area contributed by atoms with E-state index in [1.807, 2.05) is 0 Å². The summed E-state index contributed by atoms with van der Waals surface area (Å²) < 4.78 is 4.78. The summed E-state index contributed by atoms with van der Waals surface area (Å²) in [6.45, 7) is 9.57. The Kier molecular flexibility index (Phi) is 6.42. The Labute approximate surface area is 90.9 Å². The first-order chi connectivity index (χ1) is 7.02. The zero-order valence-corrected chi connectivity index (χ0v) is 9.66. The molecule has 1 amide bonds. The summed E-state index contributed by atoms with van der Waals surface area (Å²) in [4.78, 5) is 24.3. The van der Waals surface area contributed by atoms with Crippen LogP contribution in [0.5, 0.6) is 0 Å². The molecule has 0 rings (SSSR count). The number of nitrogens with zero attached hydrogens (tertiary/aromatic N) is 1. The van der Waals surface area contributed by atoms with Crippen LogP contribution in [0.4, 0.5) is 0 Å². The van der Waals surface area contributed by atoms with Gasteiger partial charge in [0.15, 0.2) is 0 Å². The zero-order valence-electron chi connectivity index (χ0n) is 9.66. The molecular formula is C11H19NO3. The maximum atomic E-state index is 11.6. The maximum absolute atomic E-state index is 11.6. The van der Waals surface area contributed by atoms with Crippen LogP contribution in [-0.4, -0.2) is 36.5 Å². The van der Waals surface area contributed by atoms with E-state index in [-0.39, 0.29) is 24.3 Å². The minimum absolute atomic E-state index is 0.00310. The molecule has 0 aliphatic carbocycles. The average molecular weight is 213 g/mol. The SMILES string of the molecule is C=CCN(CC(=O)OCC)C(=O)C(C)C. The van der Waals surface area contributed by atoms with Crippen LogP contribution in [-0.2, 0) is 14.3 Å². The predicted octanol–water partition coefficient (Wildman–Crippen LogP) is 1.22. The Morgan fingerprint density at radius 1 is 1.47 bits per heavy atom. The first kappa shape index (κ1) is 13.7. The third-order valence-corrected chi connectivity index (χ3v) is 1.78. The molecule has 0 aliphatic heterocycles. The Bertz CT molecular complexity index is 236. The predicted molar refractivity (Wildman–Crippen MR) is 58.2 cm³/mol. The van der Waals surface area contributed by atoms with Crippen LogP contribution < -0.4 is 0 Å². The second kappa shape index (κ2) is 7.04. The van der Waals surface area contributed by atoms with E-state index < -0.39 is 0 Å². The van der Waals surface area contributed by atoms with Crippen LogP contribution >= 0.6 is 0 Å². The van der Waals surface area contributed by atoms with Crippen molar-refractivity contribution in [3.63, 3.8) is 0 Å². The van der Waals surface area contributed by atoms with Gasteiger partial charge in [0.1, 0.15) is 6.54 Å². The molecule has 0 radical (unpaired) electrons. The molecule has 0 N–H and O–H groups in total. The van der Waals surface area contributed by atoms with Crippen molar-refractivity contribution in [2.24, 2.45) is 5.92 Å². The fourth-order valence-corrected chi connectivity index (χ4v) is 1.12. The second-order valence-electron chi connectivity index (χ2n) is 3.47. The van der Waals surface area contributed by atoms with Crippen molar-refractivity contribution in [1.29, 1.82) is 0 Å². The van der Waals surface area contributed by atoms with Crippen LogP contribution in [0.1, 0.15) is 20.8 Å². The third kappa shape index (κ3) is 5.20. The summed E-state index contributed by atoms with van der Waals surface area (Å²) in [5.41, 5.74) is 0. The highest BCUT2D eigenvalue weighted by Crippen LogP contribution is 2.01. The van der Waals surface area contributed by atoms with Gasteiger partial charge < -0.3 is 9.64 Å². The summed E-state index contributed by atoms with van der Waals surface area (Å²) in [6.07, 6.45) is 1.60. The minimum atomic E-state index is -0.381. The lowest BCUT2D eigenvalue weighted by Gasteiger charge is -2.21. The number of carbonyl (C=O) groups is 2. The monoisotopic (exact) mass is 213 g/mol. The van der Waals surface area contributed by atoms with Crippen LogP contribution in [0.2, 0.25) is 0 Å². The van der Waals surface area contributed by atoms with E-state index in [0.29, 0.717) is 13.2 Å². The number of hydrogen-bond acceptors (Lipinski definition) is 3. The normalized spacial score (nSPS) is 9.87. The van der Waals surface area contributed by atoms with E-state index in [9.17, 15) is 9.59 Å². The van der Waals surface area contributed by atoms with Crippen LogP contribution in [0.25, 0.3) is 0 Å². The van der Waals surface area contributed by atoms with E-state index in [1.165, 1.54) is 4.90 Å². The smallest absolute Gasteiger partial charge is 0.325 e. The van der Waals surface area contributed by atoms with Gasteiger partial charge in [-0.3, -0.25) is 9.59 Å². The quantitative estimate of drug-likeness (QED) is 0.492. The molecule has 0 aromatic heterocycles. The Hall–Kier alpha value is -1.32. The van der Waals surface area contributed by atoms with Gasteiger partial charge >= 0.3 is 5.97 Å². The number of hydrogen-bond donors (Lipinski definition) is 0. The van der Waals surface area contributed by atoms with Crippen LogP contribution in [0, 0.1) is 5.92 Å². The van der Waals surface area contributed by atoms with Crippen molar-refractivity contribution in [1.82, 2.24) is 4.90 Å². The molecule has 0 fully saturated rings. The molecular weight excluding hydrogens is 194 g/mol. The molecule has 15 heavy (non-hydrogen) atoms. The van der Waals surface area contributed by atoms with Gasteiger partial charge in [-0.15, -0.1) is 6.58 Å². The highest BCUT2D eigenvalue weighted by atomic mass is 16.5. The Morgan fingerprint density at radius 3 is 2.47 bits per heavy atom. The lowest BCUT2D eigenvalue weighted by Crippen LogP contribution is -2.39. The van der Waals surface area contributed by atoms with E-state index in [1.54, 1.807) is 26.8 Å². The van der Waals surface area contributed by atoms with Gasteiger partial charge in [0.05, 0.1) is 6.61 Å². The fourth-order valence-electron chi connectivity index (χ4n) is 1.12. The largest absolute Gasteiger partial charge is 0.465 e. The third-order valence-electron chi connectivity index (χ3n) is 1.78. The standard InChI is InChI=1S/C11H19NO3/c1-5-7-12(11(14)9(3)4)8-10(13)15-6-2/h5,9H,1,6-8H2,2-4H3. The molecule has 4 nitrogen and oxygen atoms in total. The van der Waals surface area contributed by atoms with Crippen molar-refractivity contribution in [2.75, 3.05) is 19.7 Å². The van der Waals surface area contributed by atoms with Crippen molar-refractivity contribution >= 4 is 11.9 Å². The molecule has 0 saturated carbocycles. The lowest BCUT2D eigenvalue weighted by atomic mass is 10.2. The second-order valence-corrected chi connectivity index (χ2v) is 3.47. The number of rotatable bonds is 6. The van der Waals surface area contributed by atoms with Crippen LogP contribution in [0.15, 0.2) is 12.7 Å². The van der Waals surface area contributed by atoms with Gasteiger partial charge in [-0.25, -0.2) is 0 Å². The molecule has 0 aromatic rings. The molecule has 0 aromatic carbocycles. The Balaban J connectivity index is 4.33. The van der Waals surface area contributed by atoms with Gasteiger partial charge in [0, 0.05) is 12.5 Å². The van der Waals surface area contributed by atoms with Gasteiger partial charge in [0.2, 0.25) is 5.91 Å². The molecule has 0 heterocycles. The summed E-state index contributed by atoms with van der Waals surface area (Å²) >= 11 is 0. The van der Waals surface area contributed by atoms with E-state index in [2.05, 4.69) is 6.58 Å². The molecule has 0 bridgehead atoms. The van der Waals surface area contributed by atoms with Gasteiger partial charge in [-0.1, -0.05) is 19.9 Å². The van der Waals surface area contributed by atoms with Crippen molar-refractivity contribution in [3.8, 4) is 0 Å². The van der Waals surface area contributed by atoms with Crippen molar-refractivity contribution < 1.29 is 14.3 Å². The zero-order chi connectivity index (χ0) is 11.8. The fraction of sp³-hybridized carbons (Fsp3) is 0.636. The van der Waals surface area contributed by atoms with E-state index in [4.69, 9.17) is 4.74 Å². The van der Waals surface area contributed by atoms with Gasteiger partial charge in [-0.2, -0.15) is 0 Å². The lowest BCUT2D eigenvalue weighted by molar-refractivity contribution is -0.149. The summed E-state index contributed by atoms with van der Waals surface area (Å²) in [6, 6.07) is 0. The average Bonchev–Trinajstić information content (AvgIpc) is 2.16. The molecule has 0 spiro atoms. The summed E-state index contributed by atoms with van der Waals surface area (Å²) in [5.74, 6) is -0.573. The summed E-state index contributed by atoms with van der Waals surface area (Å²) in [7, 11) is 0. The minimum Gasteiger partial charge on any atom is -0.465 e. The molecule has 4 heteroatoms. The molecule has 0 saturated heterocycles. The van der Waals surface area contributed by atoms with Crippen LogP contribution in [0.3, 0.4) is 0 Å². The molecule has 0 unspecified atom stereocenters. The van der Waals surface area contributed by atoms with Crippen molar-refractivity contribution in [2.45, 2.75) is 20.8 Å². The van der Waals surface area contributed by atoms with Crippen molar-refractivity contribution in [3.05, 3.63) is 12.7 Å². The molecule has 0 atom stereocenters. The number of amides is 1. The highest BCUT2D eigenvalue weighted by molar-refractivity contribution is 5.83. The van der Waals surface area contributed by atoms with Gasteiger partial charge in [0.25, 0.3) is 0 Å². The van der Waals surface area contributed by atoms with Gasteiger partial charge in [-0.05, 0) is 6.92 Å². The topological polar surface area (TPSA) is 46.6 Å². The maximum Gasteiger partial charge on any atom is 0.325 e. The Morgan fingerprint density at radius 2 is 2.07 bits per heavy atom. The summed E-state index contributed by atoms with van der Waals surface area (Å²) in [5, 5.41) is 0. The number of carbonyl (C=O) groups excluding carboxylic acids is 2.